The van der Waals surface area contributed by atoms with Crippen molar-refractivity contribution in [3.05, 3.63) is 23.8 Å². The van der Waals surface area contributed by atoms with Gasteiger partial charge in [0, 0.05) is 0 Å². The molecule has 0 N–H and O–H groups in total. The lowest BCUT2D eigenvalue weighted by Crippen LogP contribution is -2.23. The fourth-order valence-electron chi connectivity index (χ4n) is 1.19. The summed E-state index contributed by atoms with van der Waals surface area (Å²) in [7, 11) is 0. The van der Waals surface area contributed by atoms with Crippen LogP contribution in [0.3, 0.4) is 0 Å². The Labute approximate surface area is 106 Å². The summed E-state index contributed by atoms with van der Waals surface area (Å²) in [6, 6.07) is 1.40. The first-order valence-electron chi connectivity index (χ1n) is 4.64. The lowest BCUT2D eigenvalue weighted by atomic mass is 10.1. The summed E-state index contributed by atoms with van der Waals surface area (Å²) in [4.78, 5) is 23.9. The monoisotopic (exact) mass is 299 g/mol. The van der Waals surface area contributed by atoms with Crippen molar-refractivity contribution >= 4 is 17.6 Å². The van der Waals surface area contributed by atoms with Gasteiger partial charge in [0.2, 0.25) is 6.08 Å². The van der Waals surface area contributed by atoms with E-state index in [1.807, 2.05) is 0 Å². The molecule has 0 radical (unpaired) electrons. The molecule has 0 atom stereocenters. The third-order valence-corrected chi connectivity index (χ3v) is 1.87. The van der Waals surface area contributed by atoms with E-state index in [9.17, 15) is 35.9 Å². The van der Waals surface area contributed by atoms with E-state index >= 15 is 0 Å². The highest BCUT2D eigenvalue weighted by molar-refractivity contribution is 6.04. The molecular formula is C10H3F6NO3. The lowest BCUT2D eigenvalue weighted by Gasteiger charge is -2.11. The number of nitrogens with zero attached hydrogens (tertiary/aromatic N) is 1. The van der Waals surface area contributed by atoms with Gasteiger partial charge in [-0.15, -0.1) is 13.2 Å². The number of rotatable bonds is 3. The second-order valence-corrected chi connectivity index (χ2v) is 3.26. The number of benzene rings is 1. The SMILES string of the molecule is O=C=Nc1ccc(OC(F)(F)F)cc1C(=O)C(F)(F)F. The molecule has 0 aromatic heterocycles. The summed E-state index contributed by atoms with van der Waals surface area (Å²) in [5.41, 5.74) is -2.01. The fraction of sp³-hybridized carbons (Fsp3) is 0.200. The number of ether oxygens (including phenoxy) is 1. The molecule has 0 saturated heterocycles. The zero-order valence-electron chi connectivity index (χ0n) is 9.17. The summed E-state index contributed by atoms with van der Waals surface area (Å²) in [5.74, 6) is -3.51. The van der Waals surface area contributed by atoms with Crippen molar-refractivity contribution in [3.63, 3.8) is 0 Å². The molecule has 0 saturated carbocycles. The van der Waals surface area contributed by atoms with E-state index in [-0.39, 0.29) is 6.07 Å². The summed E-state index contributed by atoms with van der Waals surface area (Å²) in [6.07, 6.45) is -9.60. The zero-order chi connectivity index (χ0) is 15.6. The average Bonchev–Trinajstić information content (AvgIpc) is 2.27. The van der Waals surface area contributed by atoms with Gasteiger partial charge in [-0.2, -0.15) is 18.2 Å². The molecule has 0 spiro atoms. The largest absolute Gasteiger partial charge is 0.573 e. The Balaban J connectivity index is 3.33. The minimum Gasteiger partial charge on any atom is -0.406 e. The fourth-order valence-corrected chi connectivity index (χ4v) is 1.19. The van der Waals surface area contributed by atoms with Gasteiger partial charge >= 0.3 is 12.5 Å². The van der Waals surface area contributed by atoms with Crippen LogP contribution in [0.5, 0.6) is 5.75 Å². The number of carbonyl (C=O) groups excluding carboxylic acids is 2. The van der Waals surface area contributed by atoms with Gasteiger partial charge in [-0.3, -0.25) is 4.79 Å². The molecule has 0 bridgehead atoms. The van der Waals surface area contributed by atoms with Crippen LogP contribution in [-0.2, 0) is 4.79 Å². The smallest absolute Gasteiger partial charge is 0.406 e. The van der Waals surface area contributed by atoms with Gasteiger partial charge < -0.3 is 4.74 Å². The molecule has 0 aliphatic heterocycles. The van der Waals surface area contributed by atoms with Crippen LogP contribution in [0.15, 0.2) is 23.2 Å². The maximum absolute atomic E-state index is 12.3. The Hall–Kier alpha value is -2.35. The Kier molecular flexibility index (Phi) is 4.19. The van der Waals surface area contributed by atoms with Crippen LogP contribution in [0.25, 0.3) is 0 Å². The maximum Gasteiger partial charge on any atom is 0.573 e. The van der Waals surface area contributed by atoms with E-state index < -0.39 is 35.3 Å². The highest BCUT2D eigenvalue weighted by Crippen LogP contribution is 2.32. The molecule has 1 aromatic carbocycles. The highest BCUT2D eigenvalue weighted by Gasteiger charge is 2.41. The molecule has 0 heterocycles. The van der Waals surface area contributed by atoms with Crippen molar-refractivity contribution in [2.24, 2.45) is 4.99 Å². The van der Waals surface area contributed by atoms with Gasteiger partial charge in [-0.05, 0) is 18.2 Å². The number of ketones is 1. The number of hydrogen-bond acceptors (Lipinski definition) is 4. The predicted molar refractivity (Wildman–Crippen MR) is 51.3 cm³/mol. The van der Waals surface area contributed by atoms with Gasteiger partial charge in [-0.25, -0.2) is 4.79 Å². The molecule has 1 aromatic rings. The number of Topliss-reactive ketones (excluding diaryl/α,β-unsaturated/α-hetero) is 1. The van der Waals surface area contributed by atoms with Crippen molar-refractivity contribution in [2.75, 3.05) is 0 Å². The number of hydrogen-bond donors (Lipinski definition) is 0. The average molecular weight is 299 g/mol. The first kappa shape index (κ1) is 15.7. The van der Waals surface area contributed by atoms with E-state index in [0.717, 1.165) is 6.08 Å². The molecule has 1 rings (SSSR count). The van der Waals surface area contributed by atoms with Gasteiger partial charge in [0.05, 0.1) is 11.3 Å². The first-order valence-corrected chi connectivity index (χ1v) is 4.64. The molecule has 108 valence electrons. The molecular weight excluding hydrogens is 296 g/mol. The van der Waals surface area contributed by atoms with Crippen LogP contribution in [-0.4, -0.2) is 24.4 Å². The van der Waals surface area contributed by atoms with Crippen LogP contribution in [0.1, 0.15) is 10.4 Å². The van der Waals surface area contributed by atoms with Gasteiger partial charge in [0.1, 0.15) is 5.75 Å². The molecule has 10 heteroatoms. The van der Waals surface area contributed by atoms with Crippen LogP contribution >= 0.6 is 0 Å². The lowest BCUT2D eigenvalue weighted by molar-refractivity contribution is -0.274. The van der Waals surface area contributed by atoms with Crippen molar-refractivity contribution in [1.82, 2.24) is 0 Å². The van der Waals surface area contributed by atoms with Crippen LogP contribution < -0.4 is 4.74 Å². The number of alkyl halides is 6. The van der Waals surface area contributed by atoms with Gasteiger partial charge in [-0.1, -0.05) is 0 Å². The Morgan fingerprint density at radius 2 is 1.75 bits per heavy atom. The second kappa shape index (κ2) is 5.33. The highest BCUT2D eigenvalue weighted by atomic mass is 19.4. The topological polar surface area (TPSA) is 55.7 Å². The van der Waals surface area contributed by atoms with Gasteiger partial charge in [0.15, 0.2) is 0 Å². The molecule has 0 aliphatic rings. The first-order chi connectivity index (χ1) is 9.04. The molecule has 0 aliphatic carbocycles. The number of isocyanates is 1. The summed E-state index contributed by atoms with van der Waals surface area (Å²) in [5, 5.41) is 0. The second-order valence-electron chi connectivity index (χ2n) is 3.26. The van der Waals surface area contributed by atoms with Crippen LogP contribution in [0, 0.1) is 0 Å². The summed E-state index contributed by atoms with van der Waals surface area (Å²) in [6.45, 7) is 0. The van der Waals surface area contributed by atoms with E-state index in [1.165, 1.54) is 0 Å². The van der Waals surface area contributed by atoms with E-state index in [4.69, 9.17) is 0 Å². The molecule has 20 heavy (non-hydrogen) atoms. The minimum atomic E-state index is -5.34. The van der Waals surface area contributed by atoms with Crippen LogP contribution in [0.4, 0.5) is 32.0 Å². The normalized spacial score (nSPS) is 11.7. The van der Waals surface area contributed by atoms with Crippen molar-refractivity contribution in [1.29, 1.82) is 0 Å². The molecule has 0 unspecified atom stereocenters. The third kappa shape index (κ3) is 4.09. The molecule has 0 amide bonds. The Morgan fingerprint density at radius 3 is 2.20 bits per heavy atom. The van der Waals surface area contributed by atoms with Crippen molar-refractivity contribution in [2.45, 2.75) is 12.5 Å². The van der Waals surface area contributed by atoms with Crippen molar-refractivity contribution in [3.8, 4) is 5.75 Å². The van der Waals surface area contributed by atoms with Gasteiger partial charge in [0.25, 0.3) is 5.78 Å². The number of carbonyl (C=O) groups is 1. The summed E-state index contributed by atoms with van der Waals surface area (Å²) < 4.78 is 76.0. The summed E-state index contributed by atoms with van der Waals surface area (Å²) >= 11 is 0. The number of halogens is 6. The predicted octanol–water partition coefficient (Wildman–Crippen LogP) is 3.30. The molecule has 4 nitrogen and oxygen atoms in total. The maximum atomic E-state index is 12.3. The Morgan fingerprint density at radius 1 is 1.15 bits per heavy atom. The molecule has 0 fully saturated rings. The van der Waals surface area contributed by atoms with E-state index in [1.54, 1.807) is 0 Å². The quantitative estimate of drug-likeness (QED) is 0.372. The third-order valence-electron chi connectivity index (χ3n) is 1.87. The zero-order valence-corrected chi connectivity index (χ0v) is 9.17. The van der Waals surface area contributed by atoms with Crippen LogP contribution in [0.2, 0.25) is 0 Å². The minimum absolute atomic E-state index is 0.194. The van der Waals surface area contributed by atoms with Crippen molar-refractivity contribution < 1.29 is 40.7 Å². The standard InChI is InChI=1S/C10H3F6NO3/c11-9(12,13)8(19)6-3-5(20-10(14,15)16)1-2-7(6)17-4-18/h1-3H. The van der Waals surface area contributed by atoms with E-state index in [2.05, 4.69) is 9.73 Å². The Bertz CT molecular complexity index is 571. The van der Waals surface area contributed by atoms with E-state index in [0.29, 0.717) is 12.1 Å². The number of aliphatic imine (C=N–C) groups is 1.